The van der Waals surface area contributed by atoms with Crippen LogP contribution in [0.4, 0.5) is 16.2 Å². The molecule has 1 heterocycles. The summed E-state index contributed by atoms with van der Waals surface area (Å²) in [5.41, 5.74) is 7.02. The molecule has 0 spiro atoms. The van der Waals surface area contributed by atoms with E-state index in [2.05, 4.69) is 34.6 Å². The van der Waals surface area contributed by atoms with Crippen LogP contribution in [0.5, 0.6) is 0 Å². The van der Waals surface area contributed by atoms with Crippen molar-refractivity contribution in [3.05, 3.63) is 24.3 Å². The van der Waals surface area contributed by atoms with E-state index in [1.165, 1.54) is 18.5 Å². The Hall–Kier alpha value is -2.24. The largest absolute Gasteiger partial charge is 0.372 e. The fraction of sp³-hybridized carbons (Fsp3) is 0.556. The molecule has 4 N–H and O–H groups in total. The van der Waals surface area contributed by atoms with E-state index >= 15 is 0 Å². The number of anilines is 2. The molecule has 1 saturated heterocycles. The Kier molecular flexibility index (Phi) is 6.90. The van der Waals surface area contributed by atoms with Crippen LogP contribution >= 0.6 is 0 Å². The number of primary amides is 1. The number of amides is 3. The SMILES string of the molecule is CC1CCN(c2ccc(NC(=O)CCCCNC(N)=O)cc2)CC1. The van der Waals surface area contributed by atoms with E-state index in [0.29, 0.717) is 13.0 Å². The Morgan fingerprint density at radius 1 is 1.17 bits per heavy atom. The number of unbranched alkanes of at least 4 members (excludes halogenated alkanes) is 1. The molecule has 0 aliphatic carbocycles. The minimum Gasteiger partial charge on any atom is -0.372 e. The van der Waals surface area contributed by atoms with Crippen molar-refractivity contribution in [1.29, 1.82) is 0 Å². The molecule has 1 fully saturated rings. The number of benzene rings is 1. The summed E-state index contributed by atoms with van der Waals surface area (Å²) in [5, 5.41) is 5.42. The number of nitrogens with zero attached hydrogens (tertiary/aromatic N) is 1. The van der Waals surface area contributed by atoms with Gasteiger partial charge in [-0.1, -0.05) is 6.92 Å². The van der Waals surface area contributed by atoms with Crippen molar-refractivity contribution in [2.75, 3.05) is 29.9 Å². The van der Waals surface area contributed by atoms with E-state index in [9.17, 15) is 9.59 Å². The van der Waals surface area contributed by atoms with Gasteiger partial charge in [0.1, 0.15) is 0 Å². The van der Waals surface area contributed by atoms with Gasteiger partial charge in [0.25, 0.3) is 0 Å². The molecule has 0 radical (unpaired) electrons. The average Bonchev–Trinajstić information content (AvgIpc) is 2.56. The highest BCUT2D eigenvalue weighted by Gasteiger charge is 2.15. The van der Waals surface area contributed by atoms with Gasteiger partial charge in [0.05, 0.1) is 0 Å². The third kappa shape index (κ3) is 6.10. The number of rotatable bonds is 7. The lowest BCUT2D eigenvalue weighted by Gasteiger charge is -2.32. The molecule has 1 aromatic rings. The lowest BCUT2D eigenvalue weighted by atomic mass is 9.99. The van der Waals surface area contributed by atoms with E-state index in [1.807, 2.05) is 12.1 Å². The molecule has 132 valence electrons. The normalized spacial score (nSPS) is 15.1. The standard InChI is InChI=1S/C18H28N4O2/c1-14-9-12-22(13-10-14)16-7-5-15(6-8-16)21-17(23)4-2-3-11-20-18(19)24/h5-8,14H,2-4,9-13H2,1H3,(H,21,23)(H3,19,20,24). The molecule has 0 saturated carbocycles. The molecule has 24 heavy (non-hydrogen) atoms. The lowest BCUT2D eigenvalue weighted by molar-refractivity contribution is -0.116. The van der Waals surface area contributed by atoms with Crippen molar-refractivity contribution in [2.24, 2.45) is 11.7 Å². The van der Waals surface area contributed by atoms with Gasteiger partial charge in [0.2, 0.25) is 5.91 Å². The number of urea groups is 1. The van der Waals surface area contributed by atoms with E-state index in [-0.39, 0.29) is 5.91 Å². The minimum atomic E-state index is -0.525. The van der Waals surface area contributed by atoms with Gasteiger partial charge < -0.3 is 21.3 Å². The molecule has 1 aliphatic heterocycles. The van der Waals surface area contributed by atoms with Gasteiger partial charge >= 0.3 is 6.03 Å². The van der Waals surface area contributed by atoms with Gasteiger partial charge in [-0.05, 0) is 55.9 Å². The molecular formula is C18H28N4O2. The summed E-state index contributed by atoms with van der Waals surface area (Å²) in [4.78, 5) is 24.8. The first-order chi connectivity index (χ1) is 11.5. The number of hydrogen-bond donors (Lipinski definition) is 3. The maximum atomic E-state index is 11.9. The average molecular weight is 332 g/mol. The molecule has 6 heteroatoms. The Morgan fingerprint density at radius 2 is 1.83 bits per heavy atom. The van der Waals surface area contributed by atoms with Gasteiger partial charge in [0, 0.05) is 37.4 Å². The molecule has 6 nitrogen and oxygen atoms in total. The third-order valence-corrected chi connectivity index (χ3v) is 4.43. The molecule has 1 aliphatic rings. The van der Waals surface area contributed by atoms with Crippen molar-refractivity contribution in [3.8, 4) is 0 Å². The van der Waals surface area contributed by atoms with E-state index in [4.69, 9.17) is 5.73 Å². The van der Waals surface area contributed by atoms with Gasteiger partial charge in [-0.3, -0.25) is 4.79 Å². The van der Waals surface area contributed by atoms with Crippen molar-refractivity contribution in [1.82, 2.24) is 5.32 Å². The number of carbonyl (C=O) groups excluding carboxylic acids is 2. The van der Waals surface area contributed by atoms with Crippen LogP contribution in [0, 0.1) is 5.92 Å². The van der Waals surface area contributed by atoms with Gasteiger partial charge in [-0.15, -0.1) is 0 Å². The van der Waals surface area contributed by atoms with Crippen LogP contribution in [0.25, 0.3) is 0 Å². The zero-order valence-electron chi connectivity index (χ0n) is 14.4. The van der Waals surface area contributed by atoms with Crippen molar-refractivity contribution >= 4 is 23.3 Å². The van der Waals surface area contributed by atoms with Crippen molar-refractivity contribution in [3.63, 3.8) is 0 Å². The molecular weight excluding hydrogens is 304 g/mol. The van der Waals surface area contributed by atoms with Crippen LogP contribution < -0.4 is 21.3 Å². The minimum absolute atomic E-state index is 0.00591. The van der Waals surface area contributed by atoms with Crippen molar-refractivity contribution < 1.29 is 9.59 Å². The maximum absolute atomic E-state index is 11.9. The second-order valence-electron chi connectivity index (χ2n) is 6.51. The van der Waals surface area contributed by atoms with Gasteiger partial charge in [0.15, 0.2) is 0 Å². The van der Waals surface area contributed by atoms with Crippen molar-refractivity contribution in [2.45, 2.75) is 39.0 Å². The second kappa shape index (κ2) is 9.15. The molecule has 0 unspecified atom stereocenters. The topological polar surface area (TPSA) is 87.5 Å². The summed E-state index contributed by atoms with van der Waals surface area (Å²) in [5.74, 6) is 0.812. The highest BCUT2D eigenvalue weighted by molar-refractivity contribution is 5.90. The number of carbonyl (C=O) groups is 2. The monoisotopic (exact) mass is 332 g/mol. The molecule has 3 amide bonds. The molecule has 0 aromatic heterocycles. The first kappa shape index (κ1) is 18.1. The smallest absolute Gasteiger partial charge is 0.312 e. The molecule has 0 atom stereocenters. The Balaban J connectivity index is 1.71. The van der Waals surface area contributed by atoms with Crippen LogP contribution in [-0.4, -0.2) is 31.6 Å². The van der Waals surface area contributed by atoms with Crippen LogP contribution in [0.2, 0.25) is 0 Å². The number of piperidine rings is 1. The third-order valence-electron chi connectivity index (χ3n) is 4.43. The van der Waals surface area contributed by atoms with Gasteiger partial charge in [-0.2, -0.15) is 0 Å². The summed E-state index contributed by atoms with van der Waals surface area (Å²) in [6, 6.07) is 7.53. The summed E-state index contributed by atoms with van der Waals surface area (Å²) < 4.78 is 0. The molecule has 1 aromatic carbocycles. The Labute approximate surface area is 143 Å². The maximum Gasteiger partial charge on any atom is 0.312 e. The second-order valence-corrected chi connectivity index (χ2v) is 6.51. The summed E-state index contributed by atoms with van der Waals surface area (Å²) >= 11 is 0. The fourth-order valence-corrected chi connectivity index (χ4v) is 2.87. The number of nitrogens with one attached hydrogen (secondary N) is 2. The Morgan fingerprint density at radius 3 is 2.46 bits per heavy atom. The van der Waals surface area contributed by atoms with E-state index in [0.717, 1.165) is 37.5 Å². The van der Waals surface area contributed by atoms with Gasteiger partial charge in [-0.25, -0.2) is 4.79 Å². The highest BCUT2D eigenvalue weighted by Crippen LogP contribution is 2.24. The fourth-order valence-electron chi connectivity index (χ4n) is 2.87. The van der Waals surface area contributed by atoms with Crippen LogP contribution in [-0.2, 0) is 4.79 Å². The summed E-state index contributed by atoms with van der Waals surface area (Å²) in [7, 11) is 0. The number of hydrogen-bond acceptors (Lipinski definition) is 3. The quantitative estimate of drug-likeness (QED) is 0.671. The van der Waals surface area contributed by atoms with Crippen LogP contribution in [0.1, 0.15) is 39.0 Å². The van der Waals surface area contributed by atoms with E-state index < -0.39 is 6.03 Å². The Bertz CT molecular complexity index is 536. The predicted molar refractivity (Wildman–Crippen MR) is 97.1 cm³/mol. The summed E-state index contributed by atoms with van der Waals surface area (Å²) in [6.07, 6.45) is 4.37. The number of nitrogens with two attached hydrogens (primary N) is 1. The lowest BCUT2D eigenvalue weighted by Crippen LogP contribution is -2.32. The highest BCUT2D eigenvalue weighted by atomic mass is 16.2. The van der Waals surface area contributed by atoms with E-state index in [1.54, 1.807) is 0 Å². The zero-order valence-corrected chi connectivity index (χ0v) is 14.4. The predicted octanol–water partition coefficient (Wildman–Crippen LogP) is 2.70. The molecule has 0 bridgehead atoms. The first-order valence-corrected chi connectivity index (χ1v) is 8.73. The van der Waals surface area contributed by atoms with Crippen LogP contribution in [0.3, 0.4) is 0 Å². The summed E-state index contributed by atoms with van der Waals surface area (Å²) in [6.45, 7) is 5.02. The zero-order chi connectivity index (χ0) is 17.4. The first-order valence-electron chi connectivity index (χ1n) is 8.73. The molecule has 2 rings (SSSR count). The van der Waals surface area contributed by atoms with Crippen LogP contribution in [0.15, 0.2) is 24.3 Å².